The molecule has 2 aromatic carbocycles. The molecule has 3 rings (SSSR count). The quantitative estimate of drug-likeness (QED) is 0.860. The van der Waals surface area contributed by atoms with Crippen LogP contribution in [0.25, 0.3) is 0 Å². The lowest BCUT2D eigenvalue weighted by atomic mass is 9.97. The van der Waals surface area contributed by atoms with E-state index >= 15 is 0 Å². The number of amides is 2. The Labute approximate surface area is 164 Å². The zero-order valence-corrected chi connectivity index (χ0v) is 16.3. The number of rotatable bonds is 5. The first kappa shape index (κ1) is 19.7. The van der Waals surface area contributed by atoms with Crippen molar-refractivity contribution in [3.05, 3.63) is 71.0 Å². The van der Waals surface area contributed by atoms with Gasteiger partial charge in [0.25, 0.3) is 5.91 Å². The van der Waals surface area contributed by atoms with Gasteiger partial charge in [-0.05, 0) is 18.6 Å². The second-order valence-electron chi connectivity index (χ2n) is 7.27. The van der Waals surface area contributed by atoms with Crippen LogP contribution in [0.2, 0.25) is 0 Å². The fourth-order valence-electron chi connectivity index (χ4n) is 3.09. The highest BCUT2D eigenvalue weighted by Crippen LogP contribution is 2.33. The highest BCUT2D eigenvalue weighted by molar-refractivity contribution is 6.03. The van der Waals surface area contributed by atoms with Gasteiger partial charge >= 0.3 is 0 Å². The predicted molar refractivity (Wildman–Crippen MR) is 106 cm³/mol. The first-order valence-electron chi connectivity index (χ1n) is 9.35. The van der Waals surface area contributed by atoms with E-state index in [2.05, 4.69) is 10.4 Å². The summed E-state index contributed by atoms with van der Waals surface area (Å²) >= 11 is 0. The van der Waals surface area contributed by atoms with Crippen LogP contribution in [0.1, 0.15) is 43.0 Å². The van der Waals surface area contributed by atoms with Crippen LogP contribution in [0.4, 0.5) is 4.39 Å². The molecule has 0 aromatic heterocycles. The summed E-state index contributed by atoms with van der Waals surface area (Å²) in [5.41, 5.74) is 2.94. The molecule has 1 heterocycles. The molecule has 1 atom stereocenters. The molecular formula is C22H24FN3O2. The van der Waals surface area contributed by atoms with Crippen LogP contribution in [0, 0.1) is 18.7 Å². The largest absolute Gasteiger partial charge is 0.347 e. The van der Waals surface area contributed by atoms with Crippen molar-refractivity contribution in [1.82, 2.24) is 10.3 Å². The van der Waals surface area contributed by atoms with E-state index in [9.17, 15) is 14.0 Å². The number of benzene rings is 2. The maximum Gasteiger partial charge on any atom is 0.262 e. The van der Waals surface area contributed by atoms with Gasteiger partial charge in [0, 0.05) is 17.9 Å². The van der Waals surface area contributed by atoms with Crippen molar-refractivity contribution in [2.75, 3.05) is 6.54 Å². The normalized spacial score (nSPS) is 16.2. The Morgan fingerprint density at radius 3 is 2.50 bits per heavy atom. The topological polar surface area (TPSA) is 61.8 Å². The zero-order valence-electron chi connectivity index (χ0n) is 16.3. The molecule has 0 aliphatic carbocycles. The van der Waals surface area contributed by atoms with Crippen molar-refractivity contribution < 1.29 is 14.0 Å². The van der Waals surface area contributed by atoms with Gasteiger partial charge in [-0.3, -0.25) is 9.59 Å². The second-order valence-corrected chi connectivity index (χ2v) is 7.27. The first-order valence-corrected chi connectivity index (χ1v) is 9.35. The Balaban J connectivity index is 1.88. The van der Waals surface area contributed by atoms with Crippen molar-refractivity contribution in [3.8, 4) is 0 Å². The third kappa shape index (κ3) is 4.27. The number of hydrazone groups is 1. The number of nitrogens with one attached hydrogen (secondary N) is 1. The minimum atomic E-state index is -0.369. The highest BCUT2D eigenvalue weighted by Gasteiger charge is 2.33. The summed E-state index contributed by atoms with van der Waals surface area (Å²) in [7, 11) is 0. The molecule has 2 amide bonds. The fourth-order valence-corrected chi connectivity index (χ4v) is 3.09. The maximum absolute atomic E-state index is 14.3. The van der Waals surface area contributed by atoms with Gasteiger partial charge in [0.05, 0.1) is 18.3 Å². The Bertz CT molecular complexity index is 906. The molecule has 0 saturated carbocycles. The van der Waals surface area contributed by atoms with Gasteiger partial charge in [0.15, 0.2) is 0 Å². The number of nitrogens with zero attached hydrogens (tertiary/aromatic N) is 2. The smallest absolute Gasteiger partial charge is 0.262 e. The summed E-state index contributed by atoms with van der Waals surface area (Å²) in [6.07, 6.45) is 0.411. The third-order valence-electron chi connectivity index (χ3n) is 4.75. The lowest BCUT2D eigenvalue weighted by Gasteiger charge is -2.22. The molecular weight excluding hydrogens is 357 g/mol. The van der Waals surface area contributed by atoms with Crippen molar-refractivity contribution >= 4 is 17.5 Å². The minimum Gasteiger partial charge on any atom is -0.347 e. The van der Waals surface area contributed by atoms with Gasteiger partial charge in [-0.15, -0.1) is 0 Å². The lowest BCUT2D eigenvalue weighted by Crippen LogP contribution is -2.39. The van der Waals surface area contributed by atoms with Gasteiger partial charge in [0.1, 0.15) is 5.82 Å². The molecule has 146 valence electrons. The molecule has 0 spiro atoms. The summed E-state index contributed by atoms with van der Waals surface area (Å²) in [5, 5.41) is 8.43. The van der Waals surface area contributed by atoms with E-state index in [0.717, 1.165) is 11.1 Å². The maximum atomic E-state index is 14.3. The Hall–Kier alpha value is -3.02. The van der Waals surface area contributed by atoms with Gasteiger partial charge in [-0.25, -0.2) is 9.40 Å². The van der Waals surface area contributed by atoms with Crippen molar-refractivity contribution in [2.45, 2.75) is 33.2 Å². The number of aryl methyl sites for hydroxylation is 1. The van der Waals surface area contributed by atoms with E-state index in [4.69, 9.17) is 0 Å². The van der Waals surface area contributed by atoms with E-state index in [-0.39, 0.29) is 36.1 Å². The second kappa shape index (κ2) is 8.33. The first-order chi connectivity index (χ1) is 13.4. The minimum absolute atomic E-state index is 0.145. The number of halogens is 1. The highest BCUT2D eigenvalue weighted by atomic mass is 19.1. The van der Waals surface area contributed by atoms with Crippen LogP contribution in [-0.4, -0.2) is 29.1 Å². The van der Waals surface area contributed by atoms with Crippen LogP contribution < -0.4 is 5.32 Å². The summed E-state index contributed by atoms with van der Waals surface area (Å²) in [5.74, 6) is -1.10. The molecule has 1 aliphatic rings. The summed E-state index contributed by atoms with van der Waals surface area (Å²) in [4.78, 5) is 24.6. The standard InChI is InChI=1S/C22H24FN3O2/c1-14(2)22(28)24-13-21(27)26-20(16-10-8-15(3)9-11-16)12-19(25-26)17-6-4-5-7-18(17)23/h4-11,14,20H,12-13H2,1-3H3,(H,24,28). The van der Waals surface area contributed by atoms with Gasteiger partial charge in [0.2, 0.25) is 5.91 Å². The molecule has 28 heavy (non-hydrogen) atoms. The van der Waals surface area contributed by atoms with E-state index in [1.54, 1.807) is 32.0 Å². The van der Waals surface area contributed by atoms with Crippen LogP contribution in [0.5, 0.6) is 0 Å². The summed E-state index contributed by atoms with van der Waals surface area (Å²) < 4.78 is 14.3. The van der Waals surface area contributed by atoms with Crippen LogP contribution in [0.15, 0.2) is 53.6 Å². The van der Waals surface area contributed by atoms with Crippen molar-refractivity contribution in [3.63, 3.8) is 0 Å². The number of carbonyl (C=O) groups is 2. The molecule has 1 unspecified atom stereocenters. The Kier molecular flexibility index (Phi) is 5.87. The van der Waals surface area contributed by atoms with Crippen molar-refractivity contribution in [2.24, 2.45) is 11.0 Å². The molecule has 1 N–H and O–H groups in total. The fraction of sp³-hybridized carbons (Fsp3) is 0.318. The average Bonchev–Trinajstić information content (AvgIpc) is 3.12. The van der Waals surface area contributed by atoms with E-state index in [1.807, 2.05) is 31.2 Å². The molecule has 0 radical (unpaired) electrons. The summed E-state index contributed by atoms with van der Waals surface area (Å²) in [6.45, 7) is 5.37. The number of hydrogen-bond acceptors (Lipinski definition) is 3. The van der Waals surface area contributed by atoms with Gasteiger partial charge < -0.3 is 5.32 Å². The number of carbonyl (C=O) groups excluding carboxylic acids is 2. The Morgan fingerprint density at radius 1 is 1.18 bits per heavy atom. The molecule has 5 nitrogen and oxygen atoms in total. The van der Waals surface area contributed by atoms with E-state index < -0.39 is 0 Å². The third-order valence-corrected chi connectivity index (χ3v) is 4.75. The molecule has 1 aliphatic heterocycles. The molecule has 0 fully saturated rings. The Morgan fingerprint density at radius 2 is 1.86 bits per heavy atom. The number of hydrogen-bond donors (Lipinski definition) is 1. The van der Waals surface area contributed by atoms with Gasteiger partial charge in [-0.1, -0.05) is 61.9 Å². The zero-order chi connectivity index (χ0) is 20.3. The van der Waals surface area contributed by atoms with E-state index in [1.165, 1.54) is 11.1 Å². The molecule has 0 saturated heterocycles. The average molecular weight is 381 g/mol. The lowest BCUT2D eigenvalue weighted by molar-refractivity contribution is -0.135. The van der Waals surface area contributed by atoms with E-state index in [0.29, 0.717) is 17.7 Å². The SMILES string of the molecule is Cc1ccc(C2CC(c3ccccc3F)=NN2C(=O)CNC(=O)C(C)C)cc1. The molecule has 0 bridgehead atoms. The molecule has 6 heteroatoms. The van der Waals surface area contributed by atoms with Crippen LogP contribution in [-0.2, 0) is 9.59 Å². The molecule has 2 aromatic rings. The predicted octanol–water partition coefficient (Wildman–Crippen LogP) is 3.58. The van der Waals surface area contributed by atoms with Crippen molar-refractivity contribution in [1.29, 1.82) is 0 Å². The van der Waals surface area contributed by atoms with Gasteiger partial charge in [-0.2, -0.15) is 5.10 Å². The summed E-state index contributed by atoms with van der Waals surface area (Å²) in [6, 6.07) is 13.9. The van der Waals surface area contributed by atoms with Crippen LogP contribution in [0.3, 0.4) is 0 Å². The van der Waals surface area contributed by atoms with Crippen LogP contribution >= 0.6 is 0 Å². The monoisotopic (exact) mass is 381 g/mol.